The van der Waals surface area contributed by atoms with Gasteiger partial charge in [-0.15, -0.1) is 0 Å². The maximum atomic E-state index is 13.6. The first kappa shape index (κ1) is 29.1. The number of amides is 3. The van der Waals surface area contributed by atoms with E-state index in [-0.39, 0.29) is 53.4 Å². The number of para-hydroxylation sites is 2. The fourth-order valence-corrected chi connectivity index (χ4v) is 5.69. The van der Waals surface area contributed by atoms with E-state index >= 15 is 0 Å². The van der Waals surface area contributed by atoms with Gasteiger partial charge in [0.25, 0.3) is 5.91 Å². The smallest absolute Gasteiger partial charge is 0.323 e. The number of benzene rings is 3. The predicted molar refractivity (Wildman–Crippen MR) is 153 cm³/mol. The highest BCUT2D eigenvalue weighted by atomic mass is 32.2. The van der Waals surface area contributed by atoms with Gasteiger partial charge in [-0.25, -0.2) is 13.2 Å². The quantitative estimate of drug-likeness (QED) is 0.380. The average molecular weight is 567 g/mol. The Morgan fingerprint density at radius 1 is 1.05 bits per heavy atom. The van der Waals surface area contributed by atoms with Crippen molar-refractivity contribution in [2.45, 2.75) is 30.9 Å². The minimum Gasteiger partial charge on any atom is -0.486 e. The molecule has 10 nitrogen and oxygen atoms in total. The lowest BCUT2D eigenvalue weighted by molar-refractivity contribution is 0.0389. The Morgan fingerprint density at radius 3 is 2.35 bits per heavy atom. The molecule has 1 heterocycles. The molecule has 40 heavy (non-hydrogen) atoms. The van der Waals surface area contributed by atoms with E-state index in [0.29, 0.717) is 5.69 Å². The van der Waals surface area contributed by atoms with Crippen LogP contribution in [0, 0.1) is 5.92 Å². The summed E-state index contributed by atoms with van der Waals surface area (Å²) >= 11 is 0. The van der Waals surface area contributed by atoms with Crippen LogP contribution in [0.15, 0.2) is 83.8 Å². The summed E-state index contributed by atoms with van der Waals surface area (Å²) in [6, 6.07) is 20.8. The summed E-state index contributed by atoms with van der Waals surface area (Å²) < 4.78 is 34.2. The van der Waals surface area contributed by atoms with E-state index in [9.17, 15) is 23.1 Å². The molecule has 4 rings (SSSR count). The standard InChI is InChI=1S/C29H34N4O6S/c1-20-17-33(21(2)19-34)28(35)24-15-10-16-25(31-29(36)30-22-11-6-4-7-12-22)27(24)39-26(20)18-32(3)40(37,38)23-13-8-5-9-14-23/h4-16,20-21,26,34H,17-19H2,1-3H3,(H2,30,31,36)/t20-,21+,26+/m1/s1. The van der Waals surface area contributed by atoms with Crippen LogP contribution in [0.2, 0.25) is 0 Å². The van der Waals surface area contributed by atoms with Crippen molar-refractivity contribution >= 4 is 33.3 Å². The topological polar surface area (TPSA) is 128 Å². The van der Waals surface area contributed by atoms with Crippen molar-refractivity contribution in [3.8, 4) is 5.75 Å². The summed E-state index contributed by atoms with van der Waals surface area (Å²) in [5, 5.41) is 15.4. The van der Waals surface area contributed by atoms with Crippen molar-refractivity contribution in [1.82, 2.24) is 9.21 Å². The summed E-state index contributed by atoms with van der Waals surface area (Å²) in [7, 11) is -2.34. The first-order valence-electron chi connectivity index (χ1n) is 13.0. The number of hydrogen-bond donors (Lipinski definition) is 3. The summed E-state index contributed by atoms with van der Waals surface area (Å²) in [6.45, 7) is 3.57. The van der Waals surface area contributed by atoms with Gasteiger partial charge < -0.3 is 25.4 Å². The van der Waals surface area contributed by atoms with Crippen molar-refractivity contribution in [3.63, 3.8) is 0 Å². The number of nitrogens with zero attached hydrogens (tertiary/aromatic N) is 2. The number of carbonyl (C=O) groups is 2. The molecule has 0 unspecified atom stereocenters. The molecular weight excluding hydrogens is 532 g/mol. The molecule has 0 aliphatic carbocycles. The zero-order chi connectivity index (χ0) is 28.9. The molecule has 0 fully saturated rings. The van der Waals surface area contributed by atoms with E-state index in [4.69, 9.17) is 4.74 Å². The van der Waals surface area contributed by atoms with E-state index in [1.54, 1.807) is 72.5 Å². The third kappa shape index (κ3) is 6.44. The van der Waals surface area contributed by atoms with Gasteiger partial charge in [0, 0.05) is 25.2 Å². The van der Waals surface area contributed by atoms with E-state index in [2.05, 4.69) is 10.6 Å². The number of carbonyl (C=O) groups excluding carboxylic acids is 2. The molecule has 0 saturated heterocycles. The van der Waals surface area contributed by atoms with Crippen LogP contribution < -0.4 is 15.4 Å². The summed E-state index contributed by atoms with van der Waals surface area (Å²) in [5.41, 5.74) is 1.03. The van der Waals surface area contributed by atoms with Crippen molar-refractivity contribution in [3.05, 3.63) is 84.4 Å². The molecule has 3 atom stereocenters. The van der Waals surface area contributed by atoms with Crippen molar-refractivity contribution < 1.29 is 27.9 Å². The van der Waals surface area contributed by atoms with Gasteiger partial charge in [0.2, 0.25) is 10.0 Å². The first-order chi connectivity index (χ1) is 19.1. The van der Waals surface area contributed by atoms with Crippen LogP contribution in [0.4, 0.5) is 16.2 Å². The Bertz CT molecular complexity index is 1440. The Kier molecular flexibility index (Phi) is 9.08. The molecule has 0 aromatic heterocycles. The van der Waals surface area contributed by atoms with Crippen LogP contribution in [-0.4, -0.2) is 73.6 Å². The van der Waals surface area contributed by atoms with Crippen molar-refractivity contribution in [1.29, 1.82) is 0 Å². The Hall–Kier alpha value is -3.93. The predicted octanol–water partition coefficient (Wildman–Crippen LogP) is 3.87. The van der Waals surface area contributed by atoms with Crippen molar-refractivity contribution in [2.24, 2.45) is 5.92 Å². The summed E-state index contributed by atoms with van der Waals surface area (Å²) in [4.78, 5) is 28.2. The number of likely N-dealkylation sites (N-methyl/N-ethyl adjacent to an activating group) is 1. The number of nitrogens with one attached hydrogen (secondary N) is 2. The first-order valence-corrected chi connectivity index (χ1v) is 14.4. The highest BCUT2D eigenvalue weighted by Crippen LogP contribution is 2.35. The molecule has 3 aromatic carbocycles. The van der Waals surface area contributed by atoms with Crippen LogP contribution in [0.3, 0.4) is 0 Å². The number of rotatable bonds is 8. The molecule has 3 aromatic rings. The lowest BCUT2D eigenvalue weighted by Crippen LogP contribution is -2.50. The fraction of sp³-hybridized carbons (Fsp3) is 0.310. The van der Waals surface area contributed by atoms with E-state index < -0.39 is 28.2 Å². The zero-order valence-corrected chi connectivity index (χ0v) is 23.5. The monoisotopic (exact) mass is 566 g/mol. The lowest BCUT2D eigenvalue weighted by atomic mass is 9.99. The van der Waals surface area contributed by atoms with E-state index in [0.717, 1.165) is 0 Å². The highest BCUT2D eigenvalue weighted by Gasteiger charge is 2.36. The van der Waals surface area contributed by atoms with Gasteiger partial charge in [-0.1, -0.05) is 49.4 Å². The van der Waals surface area contributed by atoms with Crippen LogP contribution in [0.25, 0.3) is 0 Å². The fourth-order valence-electron chi connectivity index (χ4n) is 4.49. The number of urea groups is 1. The lowest BCUT2D eigenvalue weighted by Gasteiger charge is -2.38. The second-order valence-electron chi connectivity index (χ2n) is 9.85. The number of anilines is 2. The minimum absolute atomic E-state index is 0.0160. The molecule has 0 saturated carbocycles. The van der Waals surface area contributed by atoms with Gasteiger partial charge in [-0.3, -0.25) is 4.79 Å². The Labute approximate surface area is 234 Å². The highest BCUT2D eigenvalue weighted by molar-refractivity contribution is 7.89. The SMILES string of the molecule is C[C@@H]1CN([C@@H](C)CO)C(=O)c2cccc(NC(=O)Nc3ccccc3)c2O[C@H]1CN(C)S(=O)(=O)c1ccccc1. The van der Waals surface area contributed by atoms with Crippen LogP contribution in [-0.2, 0) is 10.0 Å². The van der Waals surface area contributed by atoms with Crippen LogP contribution in [0.5, 0.6) is 5.75 Å². The number of sulfonamides is 1. The number of ether oxygens (including phenoxy) is 1. The summed E-state index contributed by atoms with van der Waals surface area (Å²) in [5.74, 6) is -0.558. The molecule has 11 heteroatoms. The summed E-state index contributed by atoms with van der Waals surface area (Å²) in [6.07, 6.45) is -0.691. The number of aliphatic hydroxyl groups is 1. The average Bonchev–Trinajstić information content (AvgIpc) is 2.95. The molecule has 0 spiro atoms. The van der Waals surface area contributed by atoms with E-state index in [1.807, 2.05) is 13.0 Å². The largest absolute Gasteiger partial charge is 0.486 e. The molecular formula is C29H34N4O6S. The van der Waals surface area contributed by atoms with Gasteiger partial charge in [0.1, 0.15) is 6.10 Å². The molecule has 1 aliphatic rings. The Morgan fingerprint density at radius 2 is 1.70 bits per heavy atom. The molecule has 3 amide bonds. The minimum atomic E-state index is -3.82. The molecule has 1 aliphatic heterocycles. The number of aliphatic hydroxyl groups excluding tert-OH is 1. The molecule has 212 valence electrons. The molecule has 0 radical (unpaired) electrons. The normalized spacial score (nSPS) is 18.2. The van der Waals surface area contributed by atoms with Gasteiger partial charge >= 0.3 is 6.03 Å². The van der Waals surface area contributed by atoms with E-state index in [1.165, 1.54) is 23.5 Å². The van der Waals surface area contributed by atoms with Gasteiger partial charge in [0.15, 0.2) is 5.75 Å². The van der Waals surface area contributed by atoms with Gasteiger partial charge in [0.05, 0.1) is 35.3 Å². The number of hydrogen-bond acceptors (Lipinski definition) is 6. The second-order valence-corrected chi connectivity index (χ2v) is 11.9. The third-order valence-electron chi connectivity index (χ3n) is 6.86. The van der Waals surface area contributed by atoms with Crippen LogP contribution >= 0.6 is 0 Å². The Balaban J connectivity index is 1.69. The van der Waals surface area contributed by atoms with Crippen molar-refractivity contribution in [2.75, 3.05) is 37.4 Å². The van der Waals surface area contributed by atoms with Gasteiger partial charge in [-0.2, -0.15) is 4.31 Å². The third-order valence-corrected chi connectivity index (χ3v) is 8.70. The van der Waals surface area contributed by atoms with Gasteiger partial charge in [-0.05, 0) is 43.3 Å². The number of fused-ring (bicyclic) bond motifs is 1. The van der Waals surface area contributed by atoms with Crippen LogP contribution in [0.1, 0.15) is 24.2 Å². The molecule has 3 N–H and O–H groups in total. The zero-order valence-electron chi connectivity index (χ0n) is 22.7. The maximum absolute atomic E-state index is 13.6. The maximum Gasteiger partial charge on any atom is 0.323 e. The molecule has 0 bridgehead atoms. The second kappa shape index (κ2) is 12.5.